The van der Waals surface area contributed by atoms with Gasteiger partial charge >= 0.3 is 5.97 Å². The Kier molecular flexibility index (Phi) is 5.34. The van der Waals surface area contributed by atoms with Gasteiger partial charge in [-0.1, -0.05) is 6.58 Å². The van der Waals surface area contributed by atoms with Crippen molar-refractivity contribution in [3.05, 3.63) is 41.2 Å². The minimum Gasteiger partial charge on any atom is -0.462 e. The van der Waals surface area contributed by atoms with Crippen LogP contribution in [0.15, 0.2) is 29.9 Å². The second-order valence-electron chi connectivity index (χ2n) is 5.26. The van der Waals surface area contributed by atoms with E-state index in [-0.39, 0.29) is 5.97 Å². The van der Waals surface area contributed by atoms with Gasteiger partial charge in [0.25, 0.3) is 0 Å². The van der Waals surface area contributed by atoms with Crippen LogP contribution in [0.3, 0.4) is 0 Å². The summed E-state index contributed by atoms with van der Waals surface area (Å²) in [5.41, 5.74) is 3.81. The van der Waals surface area contributed by atoms with Crippen molar-refractivity contribution in [1.82, 2.24) is 4.57 Å². The lowest BCUT2D eigenvalue weighted by Crippen LogP contribution is -2.15. The molecule has 1 aromatic rings. The van der Waals surface area contributed by atoms with Gasteiger partial charge in [-0.25, -0.2) is 4.79 Å². The Balaban J connectivity index is 2.59. The number of thioether (sulfide) groups is 1. The highest BCUT2D eigenvalue weighted by atomic mass is 32.2. The summed E-state index contributed by atoms with van der Waals surface area (Å²) in [6.45, 7) is 10.5. The molecule has 0 amide bonds. The Morgan fingerprint density at radius 3 is 2.62 bits per heavy atom. The number of nitrogens with zero attached hydrogens (tertiary/aromatic N) is 1. The van der Waals surface area contributed by atoms with Gasteiger partial charge in [-0.3, -0.25) is 0 Å². The van der Waals surface area contributed by atoms with Gasteiger partial charge in [0.1, 0.15) is 0 Å². The van der Waals surface area contributed by atoms with Gasteiger partial charge in [0.15, 0.2) is 0 Å². The first-order valence-corrected chi connectivity index (χ1v) is 8.42. The summed E-state index contributed by atoms with van der Waals surface area (Å²) < 4.78 is 7.42. The van der Waals surface area contributed by atoms with Crippen LogP contribution in [0.4, 0.5) is 0 Å². The van der Waals surface area contributed by atoms with Crippen molar-refractivity contribution in [3.63, 3.8) is 0 Å². The van der Waals surface area contributed by atoms with Crippen LogP contribution in [0.2, 0.25) is 0 Å². The number of aryl methyl sites for hydroxylation is 2. The van der Waals surface area contributed by atoms with Crippen molar-refractivity contribution in [2.24, 2.45) is 0 Å². The summed E-state index contributed by atoms with van der Waals surface area (Å²) in [6.07, 6.45) is 3.08. The van der Waals surface area contributed by atoms with Crippen molar-refractivity contribution >= 4 is 22.8 Å². The molecule has 1 aromatic heterocycles. The lowest BCUT2D eigenvalue weighted by atomic mass is 10.0. The van der Waals surface area contributed by atoms with Crippen LogP contribution in [0.25, 0.3) is 5.03 Å². The number of aromatic nitrogens is 1. The molecule has 0 bridgehead atoms. The van der Waals surface area contributed by atoms with Crippen molar-refractivity contribution in [2.45, 2.75) is 40.0 Å². The molecule has 0 aliphatic carbocycles. The molecule has 114 valence electrons. The van der Waals surface area contributed by atoms with Gasteiger partial charge < -0.3 is 9.30 Å². The maximum absolute atomic E-state index is 12.4. The van der Waals surface area contributed by atoms with Crippen LogP contribution in [0, 0.1) is 13.8 Å². The number of ether oxygens (including phenoxy) is 1. The average molecular weight is 305 g/mol. The molecule has 2 heterocycles. The molecule has 3 nitrogen and oxygen atoms in total. The number of rotatable bonds is 3. The predicted octanol–water partition coefficient (Wildman–Crippen LogP) is 4.31. The third-order valence-electron chi connectivity index (χ3n) is 3.63. The zero-order valence-corrected chi connectivity index (χ0v) is 13.9. The van der Waals surface area contributed by atoms with Crippen LogP contribution in [0.1, 0.15) is 37.6 Å². The van der Waals surface area contributed by atoms with Gasteiger partial charge in [0, 0.05) is 11.4 Å². The first-order valence-electron chi connectivity index (χ1n) is 7.44. The Bertz CT molecular complexity index is 564. The maximum atomic E-state index is 12.4. The smallest absolute Gasteiger partial charge is 0.341 e. The third kappa shape index (κ3) is 3.43. The first-order chi connectivity index (χ1) is 10.1. The molecule has 1 aliphatic heterocycles. The van der Waals surface area contributed by atoms with E-state index in [0.717, 1.165) is 47.0 Å². The molecule has 2 rings (SSSR count). The van der Waals surface area contributed by atoms with E-state index in [1.807, 2.05) is 6.92 Å². The van der Waals surface area contributed by atoms with Gasteiger partial charge in [0.05, 0.1) is 17.2 Å². The normalized spacial score (nSPS) is 20.0. The van der Waals surface area contributed by atoms with Crippen LogP contribution in [0.5, 0.6) is 0 Å². The summed E-state index contributed by atoms with van der Waals surface area (Å²) in [6, 6.07) is 4.15. The van der Waals surface area contributed by atoms with Gasteiger partial charge in [0.2, 0.25) is 0 Å². The first kappa shape index (κ1) is 16.0. The summed E-state index contributed by atoms with van der Waals surface area (Å²) in [5.74, 6) is 0.766. The molecule has 0 aromatic carbocycles. The van der Waals surface area contributed by atoms with Crippen molar-refractivity contribution < 1.29 is 9.53 Å². The molecular formula is C17H23NO2S. The number of carbonyl (C=O) groups is 1. The van der Waals surface area contributed by atoms with Crippen LogP contribution in [-0.4, -0.2) is 22.9 Å². The highest BCUT2D eigenvalue weighted by molar-refractivity contribution is 8.08. The van der Waals surface area contributed by atoms with Gasteiger partial charge in [-0.05, 0) is 63.5 Å². The van der Waals surface area contributed by atoms with Crippen molar-refractivity contribution in [3.8, 4) is 0 Å². The Hall–Kier alpha value is -1.42. The quantitative estimate of drug-likeness (QED) is 0.780. The Labute approximate surface area is 131 Å². The molecule has 0 saturated heterocycles. The minimum absolute atomic E-state index is 0.251. The van der Waals surface area contributed by atoms with E-state index < -0.39 is 0 Å². The van der Waals surface area contributed by atoms with E-state index in [2.05, 4.69) is 37.1 Å². The molecule has 0 saturated carbocycles. The largest absolute Gasteiger partial charge is 0.462 e. The van der Waals surface area contributed by atoms with Gasteiger partial charge in [-0.2, -0.15) is 0 Å². The highest BCUT2D eigenvalue weighted by Crippen LogP contribution is 2.36. The molecular weight excluding hydrogens is 282 g/mol. The van der Waals surface area contributed by atoms with E-state index in [0.29, 0.717) is 12.2 Å². The second-order valence-corrected chi connectivity index (χ2v) is 6.34. The Morgan fingerprint density at radius 2 is 2.00 bits per heavy atom. The number of carbonyl (C=O) groups excluding carboxylic acids is 1. The topological polar surface area (TPSA) is 31.2 Å². The zero-order valence-electron chi connectivity index (χ0n) is 13.1. The standard InChI is InChI=1S/C17H23NO2S/c1-5-20-17(19)15-12(2)8-6-7-11-21-16(15)18-13(3)9-10-14(18)4/h9-10H,2,5-8,11H2,1,3-4H3/b16-15+. The van der Waals surface area contributed by atoms with E-state index in [1.165, 1.54) is 0 Å². The molecule has 1 aliphatic rings. The monoisotopic (exact) mass is 305 g/mol. The lowest BCUT2D eigenvalue weighted by Gasteiger charge is -2.21. The third-order valence-corrected chi connectivity index (χ3v) is 4.79. The average Bonchev–Trinajstić information content (AvgIpc) is 2.74. The van der Waals surface area contributed by atoms with Crippen LogP contribution < -0.4 is 0 Å². The fraction of sp³-hybridized carbons (Fsp3) is 0.471. The lowest BCUT2D eigenvalue weighted by molar-refractivity contribution is -0.138. The summed E-state index contributed by atoms with van der Waals surface area (Å²) in [5, 5.41) is 0.971. The van der Waals surface area contributed by atoms with E-state index >= 15 is 0 Å². The van der Waals surface area contributed by atoms with Crippen LogP contribution in [-0.2, 0) is 9.53 Å². The van der Waals surface area contributed by atoms with Crippen molar-refractivity contribution in [1.29, 1.82) is 0 Å². The van der Waals surface area contributed by atoms with Crippen LogP contribution >= 0.6 is 11.8 Å². The molecule has 0 atom stereocenters. The summed E-state index contributed by atoms with van der Waals surface area (Å²) in [7, 11) is 0. The van der Waals surface area contributed by atoms with E-state index in [4.69, 9.17) is 4.74 Å². The van der Waals surface area contributed by atoms with Crippen molar-refractivity contribution in [2.75, 3.05) is 12.4 Å². The molecule has 0 unspecified atom stereocenters. The maximum Gasteiger partial charge on any atom is 0.341 e. The van der Waals surface area contributed by atoms with E-state index in [1.54, 1.807) is 11.8 Å². The second kappa shape index (κ2) is 7.03. The zero-order chi connectivity index (χ0) is 15.4. The fourth-order valence-electron chi connectivity index (χ4n) is 2.56. The molecule has 0 N–H and O–H groups in total. The Morgan fingerprint density at radius 1 is 1.33 bits per heavy atom. The molecule has 4 heteroatoms. The number of esters is 1. The SMILES string of the molecule is C=C1CCCCS/C(n2c(C)ccc2C)=C\1C(=O)OCC. The predicted molar refractivity (Wildman–Crippen MR) is 89.2 cm³/mol. The summed E-state index contributed by atoms with van der Waals surface area (Å²) >= 11 is 1.73. The number of hydrogen-bond acceptors (Lipinski definition) is 3. The molecule has 0 fully saturated rings. The minimum atomic E-state index is -0.251. The molecule has 21 heavy (non-hydrogen) atoms. The van der Waals surface area contributed by atoms with Gasteiger partial charge in [-0.15, -0.1) is 11.8 Å². The summed E-state index contributed by atoms with van der Waals surface area (Å²) in [4.78, 5) is 12.4. The number of hydrogen-bond donors (Lipinski definition) is 0. The molecule has 0 radical (unpaired) electrons. The highest BCUT2D eigenvalue weighted by Gasteiger charge is 2.24. The molecule has 0 spiro atoms. The fourth-order valence-corrected chi connectivity index (χ4v) is 3.89. The van der Waals surface area contributed by atoms with E-state index in [9.17, 15) is 4.79 Å².